The molecule has 1 fully saturated rings. The molecule has 1 nitrogen and oxygen atoms in total. The van der Waals surface area contributed by atoms with Gasteiger partial charge in [-0.25, -0.2) is 0 Å². The van der Waals surface area contributed by atoms with Gasteiger partial charge < -0.3 is 5.32 Å². The SMILES string of the molecule is CCNC1CCCC1Cc1c(C)cccc1C. The molecule has 17 heavy (non-hydrogen) atoms. The zero-order chi connectivity index (χ0) is 12.3. The molecule has 1 aliphatic carbocycles. The van der Waals surface area contributed by atoms with Crippen molar-refractivity contribution >= 4 is 0 Å². The molecule has 0 bridgehead atoms. The van der Waals surface area contributed by atoms with Crippen LogP contribution in [0.3, 0.4) is 0 Å². The summed E-state index contributed by atoms with van der Waals surface area (Å²) in [5.74, 6) is 0.842. The molecular formula is C16H25N. The van der Waals surface area contributed by atoms with Gasteiger partial charge in [0.2, 0.25) is 0 Å². The molecule has 1 aromatic carbocycles. The molecule has 0 aromatic heterocycles. The van der Waals surface area contributed by atoms with Crippen LogP contribution in [0.1, 0.15) is 42.9 Å². The number of benzene rings is 1. The Kier molecular flexibility index (Phi) is 4.22. The molecule has 2 rings (SSSR count). The van der Waals surface area contributed by atoms with Crippen LogP contribution in [0.5, 0.6) is 0 Å². The standard InChI is InChI=1S/C16H25N/c1-4-17-16-10-6-9-14(16)11-15-12(2)7-5-8-13(15)3/h5,7-8,14,16-17H,4,6,9-11H2,1-3H3. The van der Waals surface area contributed by atoms with Gasteiger partial charge in [0.25, 0.3) is 0 Å². The van der Waals surface area contributed by atoms with Crippen molar-refractivity contribution in [2.75, 3.05) is 6.54 Å². The smallest absolute Gasteiger partial charge is 0.00983 e. The molecule has 0 saturated heterocycles. The third kappa shape index (κ3) is 2.90. The Morgan fingerprint density at radius 3 is 2.53 bits per heavy atom. The van der Waals surface area contributed by atoms with Gasteiger partial charge >= 0.3 is 0 Å². The summed E-state index contributed by atoms with van der Waals surface area (Å²) in [6.45, 7) is 7.82. The zero-order valence-corrected chi connectivity index (χ0v) is 11.4. The number of aryl methyl sites for hydroxylation is 2. The van der Waals surface area contributed by atoms with Gasteiger partial charge in [0, 0.05) is 6.04 Å². The molecule has 94 valence electrons. The topological polar surface area (TPSA) is 12.0 Å². The highest BCUT2D eigenvalue weighted by atomic mass is 14.9. The zero-order valence-electron chi connectivity index (χ0n) is 11.4. The van der Waals surface area contributed by atoms with Crippen molar-refractivity contribution < 1.29 is 0 Å². The van der Waals surface area contributed by atoms with Crippen molar-refractivity contribution in [2.45, 2.75) is 52.5 Å². The third-order valence-electron chi connectivity index (χ3n) is 4.24. The maximum Gasteiger partial charge on any atom is 0.00983 e. The molecule has 1 heteroatoms. The first-order valence-corrected chi connectivity index (χ1v) is 7.00. The lowest BCUT2D eigenvalue weighted by molar-refractivity contribution is 0.405. The summed E-state index contributed by atoms with van der Waals surface area (Å²) in [5.41, 5.74) is 4.52. The van der Waals surface area contributed by atoms with Crippen LogP contribution in [-0.2, 0) is 6.42 Å². The molecule has 0 spiro atoms. The van der Waals surface area contributed by atoms with E-state index in [4.69, 9.17) is 0 Å². The summed E-state index contributed by atoms with van der Waals surface area (Å²) < 4.78 is 0. The lowest BCUT2D eigenvalue weighted by Crippen LogP contribution is -2.33. The Morgan fingerprint density at radius 2 is 1.88 bits per heavy atom. The van der Waals surface area contributed by atoms with Crippen molar-refractivity contribution in [1.82, 2.24) is 5.32 Å². The lowest BCUT2D eigenvalue weighted by atomic mass is 9.90. The minimum atomic E-state index is 0.749. The summed E-state index contributed by atoms with van der Waals surface area (Å²) >= 11 is 0. The van der Waals surface area contributed by atoms with E-state index in [0.29, 0.717) is 0 Å². The molecule has 1 saturated carbocycles. The summed E-state index contributed by atoms with van der Waals surface area (Å²) in [6.07, 6.45) is 5.41. The lowest BCUT2D eigenvalue weighted by Gasteiger charge is -2.22. The van der Waals surface area contributed by atoms with Crippen molar-refractivity contribution in [3.63, 3.8) is 0 Å². The summed E-state index contributed by atoms with van der Waals surface area (Å²) in [6, 6.07) is 7.42. The Balaban J connectivity index is 2.09. The third-order valence-corrected chi connectivity index (χ3v) is 4.24. The molecule has 0 radical (unpaired) electrons. The van der Waals surface area contributed by atoms with Crippen LogP contribution in [0.2, 0.25) is 0 Å². The largest absolute Gasteiger partial charge is 0.314 e. The van der Waals surface area contributed by atoms with Crippen LogP contribution < -0.4 is 5.32 Å². The van der Waals surface area contributed by atoms with Gasteiger partial charge in [-0.3, -0.25) is 0 Å². The highest BCUT2D eigenvalue weighted by molar-refractivity contribution is 5.34. The quantitative estimate of drug-likeness (QED) is 0.834. The number of hydrogen-bond donors (Lipinski definition) is 1. The van der Waals surface area contributed by atoms with Crippen LogP contribution in [0.15, 0.2) is 18.2 Å². The molecule has 0 heterocycles. The fourth-order valence-electron chi connectivity index (χ4n) is 3.25. The van der Waals surface area contributed by atoms with Gasteiger partial charge in [-0.05, 0) is 62.3 Å². The number of nitrogens with one attached hydrogen (secondary N) is 1. The molecule has 2 atom stereocenters. The average Bonchev–Trinajstić information content (AvgIpc) is 2.72. The van der Waals surface area contributed by atoms with E-state index in [1.54, 1.807) is 5.56 Å². The Hall–Kier alpha value is -0.820. The van der Waals surface area contributed by atoms with Crippen molar-refractivity contribution in [2.24, 2.45) is 5.92 Å². The molecule has 1 N–H and O–H groups in total. The predicted molar refractivity (Wildman–Crippen MR) is 74.4 cm³/mol. The van der Waals surface area contributed by atoms with Crippen LogP contribution in [0, 0.1) is 19.8 Å². The van der Waals surface area contributed by atoms with Crippen LogP contribution in [-0.4, -0.2) is 12.6 Å². The van der Waals surface area contributed by atoms with Crippen LogP contribution in [0.4, 0.5) is 0 Å². The molecule has 0 amide bonds. The van der Waals surface area contributed by atoms with Gasteiger partial charge in [0.1, 0.15) is 0 Å². The van der Waals surface area contributed by atoms with E-state index in [-0.39, 0.29) is 0 Å². The van der Waals surface area contributed by atoms with E-state index in [1.165, 1.54) is 36.8 Å². The second kappa shape index (κ2) is 5.68. The van der Waals surface area contributed by atoms with E-state index in [1.807, 2.05) is 0 Å². The Labute approximate surface area is 106 Å². The minimum Gasteiger partial charge on any atom is -0.314 e. The molecule has 2 unspecified atom stereocenters. The first-order chi connectivity index (χ1) is 8.22. The van der Waals surface area contributed by atoms with E-state index < -0.39 is 0 Å². The Morgan fingerprint density at radius 1 is 1.18 bits per heavy atom. The second-order valence-corrected chi connectivity index (χ2v) is 5.43. The second-order valence-electron chi connectivity index (χ2n) is 5.43. The number of rotatable bonds is 4. The molecule has 1 aliphatic rings. The average molecular weight is 231 g/mol. The van der Waals surface area contributed by atoms with Gasteiger partial charge in [-0.2, -0.15) is 0 Å². The van der Waals surface area contributed by atoms with Gasteiger partial charge in [-0.15, -0.1) is 0 Å². The summed E-state index contributed by atoms with van der Waals surface area (Å²) in [7, 11) is 0. The minimum absolute atomic E-state index is 0.749. The predicted octanol–water partition coefficient (Wildman–Crippen LogP) is 3.62. The molecule has 1 aromatic rings. The van der Waals surface area contributed by atoms with Crippen molar-refractivity contribution in [3.05, 3.63) is 34.9 Å². The number of hydrogen-bond acceptors (Lipinski definition) is 1. The van der Waals surface area contributed by atoms with Gasteiger partial charge in [0.05, 0.1) is 0 Å². The van der Waals surface area contributed by atoms with Gasteiger partial charge in [0.15, 0.2) is 0 Å². The molecular weight excluding hydrogens is 206 g/mol. The van der Waals surface area contributed by atoms with Crippen molar-refractivity contribution in [3.8, 4) is 0 Å². The maximum atomic E-state index is 3.65. The monoisotopic (exact) mass is 231 g/mol. The van der Waals surface area contributed by atoms with Gasteiger partial charge in [-0.1, -0.05) is 31.5 Å². The van der Waals surface area contributed by atoms with Crippen molar-refractivity contribution in [1.29, 1.82) is 0 Å². The highest BCUT2D eigenvalue weighted by Crippen LogP contribution is 2.30. The fourth-order valence-corrected chi connectivity index (χ4v) is 3.25. The normalized spacial score (nSPS) is 24.2. The van der Waals surface area contributed by atoms with E-state index in [0.717, 1.165) is 18.5 Å². The van der Waals surface area contributed by atoms with E-state index in [9.17, 15) is 0 Å². The fraction of sp³-hybridized carbons (Fsp3) is 0.625. The Bertz CT molecular complexity index is 350. The summed E-state index contributed by atoms with van der Waals surface area (Å²) in [5, 5.41) is 3.65. The maximum absolute atomic E-state index is 3.65. The van der Waals surface area contributed by atoms with Crippen LogP contribution >= 0.6 is 0 Å². The summed E-state index contributed by atoms with van der Waals surface area (Å²) in [4.78, 5) is 0. The molecule has 0 aliphatic heterocycles. The first kappa shape index (κ1) is 12.6. The van der Waals surface area contributed by atoms with Crippen LogP contribution in [0.25, 0.3) is 0 Å². The van der Waals surface area contributed by atoms with E-state index >= 15 is 0 Å². The van der Waals surface area contributed by atoms with E-state index in [2.05, 4.69) is 44.3 Å². The first-order valence-electron chi connectivity index (χ1n) is 7.00. The highest BCUT2D eigenvalue weighted by Gasteiger charge is 2.27.